The molecule has 1 aromatic rings. The summed E-state index contributed by atoms with van der Waals surface area (Å²) in [5, 5.41) is 0. The molecule has 1 saturated heterocycles. The third-order valence-electron chi connectivity index (χ3n) is 5.63. The highest BCUT2D eigenvalue weighted by Gasteiger charge is 2.62. The maximum absolute atomic E-state index is 13.2. The van der Waals surface area contributed by atoms with Gasteiger partial charge in [-0.25, -0.2) is 9.69 Å². The molecule has 3 aliphatic rings. The van der Waals surface area contributed by atoms with Crippen LogP contribution < -0.4 is 4.90 Å². The second-order valence-electron chi connectivity index (χ2n) is 7.19. The molecule has 4 rings (SSSR count). The van der Waals surface area contributed by atoms with Crippen LogP contribution in [0.3, 0.4) is 0 Å². The highest BCUT2D eigenvalue weighted by atomic mass is 16.5. The van der Waals surface area contributed by atoms with Crippen molar-refractivity contribution in [3.8, 4) is 0 Å². The van der Waals surface area contributed by atoms with Gasteiger partial charge in [0.05, 0.1) is 29.7 Å². The summed E-state index contributed by atoms with van der Waals surface area (Å²) in [6.07, 6.45) is 4.11. The number of nitrogens with zero attached hydrogens (tertiary/aromatic N) is 1. The van der Waals surface area contributed by atoms with Gasteiger partial charge in [0.1, 0.15) is 0 Å². The number of rotatable bonds is 3. The molecule has 2 fully saturated rings. The van der Waals surface area contributed by atoms with Crippen LogP contribution in [0.2, 0.25) is 0 Å². The Hall–Kier alpha value is -2.69. The van der Waals surface area contributed by atoms with Gasteiger partial charge in [0.2, 0.25) is 11.8 Å². The van der Waals surface area contributed by atoms with Crippen molar-refractivity contribution < 1.29 is 19.1 Å². The molecular formula is C21H21NO4. The van der Waals surface area contributed by atoms with Crippen LogP contribution >= 0.6 is 0 Å². The molecule has 26 heavy (non-hydrogen) atoms. The third kappa shape index (κ3) is 2.13. The van der Waals surface area contributed by atoms with E-state index < -0.39 is 5.97 Å². The molecule has 0 unspecified atom stereocenters. The lowest BCUT2D eigenvalue weighted by Gasteiger charge is -2.21. The molecular weight excluding hydrogens is 330 g/mol. The van der Waals surface area contributed by atoms with E-state index in [9.17, 15) is 14.4 Å². The van der Waals surface area contributed by atoms with Crippen molar-refractivity contribution in [3.63, 3.8) is 0 Å². The van der Waals surface area contributed by atoms with Gasteiger partial charge in [-0.2, -0.15) is 0 Å². The van der Waals surface area contributed by atoms with Gasteiger partial charge in [0, 0.05) is 11.8 Å². The number of carbonyl (C=O) groups excluding carboxylic acids is 3. The van der Waals surface area contributed by atoms with Crippen LogP contribution in [-0.2, 0) is 14.3 Å². The number of esters is 1. The van der Waals surface area contributed by atoms with Crippen LogP contribution in [0.5, 0.6) is 0 Å². The van der Waals surface area contributed by atoms with Crippen molar-refractivity contribution in [2.75, 3.05) is 11.5 Å². The number of fused-ring (bicyclic) bond motifs is 5. The lowest BCUT2D eigenvalue weighted by atomic mass is 9.85. The summed E-state index contributed by atoms with van der Waals surface area (Å²) in [6.45, 7) is 6.03. The molecule has 2 bridgehead atoms. The highest BCUT2D eigenvalue weighted by Crippen LogP contribution is 2.57. The molecule has 1 heterocycles. The average molecular weight is 351 g/mol. The summed E-state index contributed by atoms with van der Waals surface area (Å²) in [5.41, 5.74) is 2.96. The van der Waals surface area contributed by atoms with E-state index in [1.54, 1.807) is 31.2 Å². The average Bonchev–Trinajstić information content (AvgIpc) is 3.25. The molecule has 4 atom stereocenters. The summed E-state index contributed by atoms with van der Waals surface area (Å²) < 4.78 is 5.09. The molecule has 0 N–H and O–H groups in total. The fraction of sp³-hybridized carbons (Fsp3) is 0.381. The van der Waals surface area contributed by atoms with Gasteiger partial charge in [-0.1, -0.05) is 35.4 Å². The van der Waals surface area contributed by atoms with E-state index in [2.05, 4.69) is 12.2 Å². The maximum Gasteiger partial charge on any atom is 0.340 e. The zero-order valence-corrected chi connectivity index (χ0v) is 15.1. The van der Waals surface area contributed by atoms with Crippen molar-refractivity contribution >= 4 is 23.5 Å². The Kier molecular flexibility index (Phi) is 3.83. The Bertz CT molecular complexity index is 844. The minimum Gasteiger partial charge on any atom is -0.462 e. The van der Waals surface area contributed by atoms with Gasteiger partial charge in [-0.3, -0.25) is 9.59 Å². The molecule has 134 valence electrons. The summed E-state index contributed by atoms with van der Waals surface area (Å²) >= 11 is 0. The first kappa shape index (κ1) is 16.8. The van der Waals surface area contributed by atoms with E-state index in [1.807, 2.05) is 13.8 Å². The Labute approximate surface area is 152 Å². The van der Waals surface area contributed by atoms with E-state index in [0.29, 0.717) is 5.69 Å². The van der Waals surface area contributed by atoms with Crippen LogP contribution in [0, 0.1) is 23.7 Å². The Balaban J connectivity index is 1.75. The number of hydrogen-bond acceptors (Lipinski definition) is 4. The monoisotopic (exact) mass is 351 g/mol. The van der Waals surface area contributed by atoms with Crippen molar-refractivity contribution in [2.24, 2.45) is 23.7 Å². The van der Waals surface area contributed by atoms with Crippen molar-refractivity contribution in [2.45, 2.75) is 20.8 Å². The molecule has 0 spiro atoms. The highest BCUT2D eigenvalue weighted by molar-refractivity contribution is 6.25. The van der Waals surface area contributed by atoms with Gasteiger partial charge < -0.3 is 4.74 Å². The first-order valence-electron chi connectivity index (χ1n) is 8.97. The summed E-state index contributed by atoms with van der Waals surface area (Å²) in [6, 6.07) is 6.66. The van der Waals surface area contributed by atoms with E-state index in [0.717, 1.165) is 0 Å². The van der Waals surface area contributed by atoms with Crippen LogP contribution in [0.15, 0.2) is 47.6 Å². The Morgan fingerprint density at radius 3 is 2.15 bits per heavy atom. The van der Waals surface area contributed by atoms with Crippen molar-refractivity contribution in [1.29, 1.82) is 0 Å². The fourth-order valence-electron chi connectivity index (χ4n) is 4.72. The number of amides is 2. The molecule has 2 amide bonds. The number of hydrogen-bond donors (Lipinski definition) is 0. The first-order chi connectivity index (χ1) is 12.5. The molecule has 0 radical (unpaired) electrons. The normalized spacial score (nSPS) is 28.7. The lowest BCUT2D eigenvalue weighted by molar-refractivity contribution is -0.122. The number of allylic oxidation sites excluding steroid dienone is 4. The Morgan fingerprint density at radius 1 is 1.04 bits per heavy atom. The molecule has 1 aliphatic heterocycles. The molecule has 1 aromatic carbocycles. The SMILES string of the molecule is CCOC(=O)c1ccccc1N1C(=O)[C@@H]2[C@@H](C1=O)[C@@H]1C=C[C@@H]2C1=C(C)C. The fourth-order valence-corrected chi connectivity index (χ4v) is 4.72. The molecule has 5 nitrogen and oxygen atoms in total. The van der Waals surface area contributed by atoms with Gasteiger partial charge in [0.25, 0.3) is 0 Å². The molecule has 1 saturated carbocycles. The van der Waals surface area contributed by atoms with Crippen LogP contribution in [-0.4, -0.2) is 24.4 Å². The zero-order valence-electron chi connectivity index (χ0n) is 15.1. The minimum atomic E-state index is -0.521. The van der Waals surface area contributed by atoms with Gasteiger partial charge in [0.15, 0.2) is 0 Å². The van der Waals surface area contributed by atoms with Crippen LogP contribution in [0.25, 0.3) is 0 Å². The second-order valence-corrected chi connectivity index (χ2v) is 7.19. The predicted octanol–water partition coefficient (Wildman–Crippen LogP) is 3.12. The second kappa shape index (κ2) is 5.94. The molecule has 2 aliphatic carbocycles. The topological polar surface area (TPSA) is 63.7 Å². The van der Waals surface area contributed by atoms with E-state index in [-0.39, 0.29) is 47.7 Å². The summed E-state index contributed by atoms with van der Waals surface area (Å²) in [5.74, 6) is -1.70. The number of para-hydroxylation sites is 1. The van der Waals surface area contributed by atoms with Gasteiger partial charge in [-0.05, 0) is 32.9 Å². The van der Waals surface area contributed by atoms with Gasteiger partial charge >= 0.3 is 5.97 Å². The van der Waals surface area contributed by atoms with Crippen molar-refractivity contribution in [3.05, 3.63) is 53.1 Å². The standard InChI is InChI=1S/C21H21NO4/c1-4-26-21(25)12-7-5-6-8-15(12)22-19(23)17-13-9-10-14(16(13)11(2)3)18(17)20(22)24/h5-10,13-14,17-18H,4H2,1-3H3/t13-,14-,17+,18+/m1/s1. The number of anilines is 1. The third-order valence-corrected chi connectivity index (χ3v) is 5.63. The number of benzene rings is 1. The summed E-state index contributed by atoms with van der Waals surface area (Å²) in [4.78, 5) is 39.8. The van der Waals surface area contributed by atoms with E-state index >= 15 is 0 Å². The number of ether oxygens (including phenoxy) is 1. The predicted molar refractivity (Wildman–Crippen MR) is 96.4 cm³/mol. The first-order valence-corrected chi connectivity index (χ1v) is 8.97. The van der Waals surface area contributed by atoms with E-state index in [1.165, 1.54) is 16.0 Å². The summed E-state index contributed by atoms with van der Waals surface area (Å²) in [7, 11) is 0. The molecule has 0 aromatic heterocycles. The van der Waals surface area contributed by atoms with Crippen LogP contribution in [0.1, 0.15) is 31.1 Å². The largest absolute Gasteiger partial charge is 0.462 e. The zero-order chi connectivity index (χ0) is 18.6. The lowest BCUT2D eigenvalue weighted by Crippen LogP contribution is -2.34. The molecule has 5 heteroatoms. The van der Waals surface area contributed by atoms with E-state index in [4.69, 9.17) is 4.74 Å². The quantitative estimate of drug-likeness (QED) is 0.477. The smallest absolute Gasteiger partial charge is 0.340 e. The maximum atomic E-state index is 13.2. The van der Waals surface area contributed by atoms with Crippen LogP contribution in [0.4, 0.5) is 5.69 Å². The number of imide groups is 1. The van der Waals surface area contributed by atoms with Crippen molar-refractivity contribution in [1.82, 2.24) is 0 Å². The minimum absolute atomic E-state index is 0.00814. The van der Waals surface area contributed by atoms with Gasteiger partial charge in [-0.15, -0.1) is 0 Å². The number of carbonyl (C=O) groups is 3. The Morgan fingerprint density at radius 2 is 1.62 bits per heavy atom.